The number of carboxylic acids is 1. The van der Waals surface area contributed by atoms with Crippen molar-refractivity contribution in [2.75, 3.05) is 0 Å². The van der Waals surface area contributed by atoms with E-state index in [2.05, 4.69) is 12.2 Å². The highest BCUT2D eigenvalue weighted by Crippen LogP contribution is 2.65. The number of carboxylic acid groups (broad SMARTS) is 1. The number of carbonyl (C=O) groups is 3. The number of hydrogen-bond acceptors (Lipinski definition) is 5. The van der Waals surface area contributed by atoms with Crippen molar-refractivity contribution >= 4 is 17.8 Å². The molecule has 0 spiro atoms. The molecule has 2 saturated carbocycles. The predicted octanol–water partition coefficient (Wildman–Crippen LogP) is 0.514. The lowest BCUT2D eigenvalue weighted by atomic mass is 9.63. The Hall–Kier alpha value is -2.37. The van der Waals surface area contributed by atoms with Crippen LogP contribution in [0.3, 0.4) is 0 Å². The van der Waals surface area contributed by atoms with Crippen molar-refractivity contribution in [3.63, 3.8) is 0 Å². The summed E-state index contributed by atoms with van der Waals surface area (Å²) >= 11 is 0. The van der Waals surface area contributed by atoms with Gasteiger partial charge in [0, 0.05) is 12.4 Å². The van der Waals surface area contributed by atoms with E-state index in [9.17, 15) is 19.5 Å². The van der Waals surface area contributed by atoms with Gasteiger partial charge in [-0.3, -0.25) is 14.5 Å². The Morgan fingerprint density at radius 1 is 1.21 bits per heavy atom. The van der Waals surface area contributed by atoms with Gasteiger partial charge in [0.1, 0.15) is 11.8 Å². The van der Waals surface area contributed by atoms with Crippen LogP contribution in [0.4, 0.5) is 0 Å². The summed E-state index contributed by atoms with van der Waals surface area (Å²) in [6, 6.07) is 2.29. The van der Waals surface area contributed by atoms with Crippen molar-refractivity contribution in [1.29, 1.82) is 0 Å². The molecule has 7 unspecified atom stereocenters. The second-order valence-corrected chi connectivity index (χ2v) is 7.31. The molecule has 6 rings (SSSR count). The van der Waals surface area contributed by atoms with Crippen LogP contribution in [0.25, 0.3) is 0 Å². The van der Waals surface area contributed by atoms with Crippen molar-refractivity contribution in [3.8, 4) is 0 Å². The number of furan rings is 1. The lowest BCUT2D eigenvalue weighted by Gasteiger charge is -2.37. The molecule has 6 nitrogen and oxygen atoms in total. The highest BCUT2D eigenvalue weighted by molar-refractivity contribution is 6.06. The van der Waals surface area contributed by atoms with Gasteiger partial charge in [-0.05, 0) is 42.2 Å². The maximum Gasteiger partial charge on any atom is 0.234 e. The maximum absolute atomic E-state index is 13.0. The number of hydrogen-bond donors (Lipinski definition) is 0. The van der Waals surface area contributed by atoms with E-state index in [1.54, 1.807) is 12.1 Å². The molecule has 0 N–H and O–H groups in total. The average molecular weight is 326 g/mol. The van der Waals surface area contributed by atoms with Crippen LogP contribution < -0.4 is 5.11 Å². The Morgan fingerprint density at radius 3 is 2.33 bits per heavy atom. The molecule has 1 aliphatic heterocycles. The number of allylic oxidation sites excluding steroid dienone is 2. The highest BCUT2D eigenvalue weighted by Gasteiger charge is 2.67. The standard InChI is InChI=1S/C18H17NO5/c20-14(21)7-12(13-2-1-5-24-13)19-17(22)15-8-3-4-9(11-6-10(8)11)16(15)18(19)23/h1-5,8-12,15-16H,6-7H2,(H,20,21)/p-1. The Bertz CT molecular complexity index is 730. The van der Waals surface area contributed by atoms with Gasteiger partial charge in [0.25, 0.3) is 0 Å². The number of rotatable bonds is 4. The highest BCUT2D eigenvalue weighted by atomic mass is 16.4. The van der Waals surface area contributed by atoms with Gasteiger partial charge in [0.2, 0.25) is 11.8 Å². The summed E-state index contributed by atoms with van der Waals surface area (Å²) < 4.78 is 5.31. The van der Waals surface area contributed by atoms with Crippen molar-refractivity contribution in [2.45, 2.75) is 18.9 Å². The van der Waals surface area contributed by atoms with Crippen LogP contribution in [-0.4, -0.2) is 22.7 Å². The third kappa shape index (κ3) is 1.68. The average Bonchev–Trinajstić information content (AvgIpc) is 3.13. The minimum Gasteiger partial charge on any atom is -0.550 e. The summed E-state index contributed by atoms with van der Waals surface area (Å²) in [6.45, 7) is 0. The maximum atomic E-state index is 13.0. The quantitative estimate of drug-likeness (QED) is 0.594. The van der Waals surface area contributed by atoms with Crippen LogP contribution in [0, 0.1) is 35.5 Å². The first-order chi connectivity index (χ1) is 11.6. The Balaban J connectivity index is 1.54. The molecule has 5 aliphatic rings. The Kier molecular flexibility index (Phi) is 2.68. The van der Waals surface area contributed by atoms with E-state index in [0.29, 0.717) is 17.6 Å². The van der Waals surface area contributed by atoms with Crippen molar-refractivity contribution in [1.82, 2.24) is 4.90 Å². The zero-order chi connectivity index (χ0) is 16.6. The van der Waals surface area contributed by atoms with Gasteiger partial charge < -0.3 is 14.3 Å². The molecule has 3 fully saturated rings. The number of amides is 2. The number of likely N-dealkylation sites (tertiary alicyclic amines) is 1. The van der Waals surface area contributed by atoms with Gasteiger partial charge in [-0.2, -0.15) is 0 Å². The van der Waals surface area contributed by atoms with Gasteiger partial charge in [-0.25, -0.2) is 0 Å². The molecule has 6 heteroatoms. The monoisotopic (exact) mass is 326 g/mol. The third-order valence-electron chi connectivity index (χ3n) is 6.24. The summed E-state index contributed by atoms with van der Waals surface area (Å²) in [4.78, 5) is 38.4. The number of aliphatic carboxylic acids is 1. The fourth-order valence-electron chi connectivity index (χ4n) is 5.25. The van der Waals surface area contributed by atoms with Crippen LogP contribution in [0.5, 0.6) is 0 Å². The van der Waals surface area contributed by atoms with Gasteiger partial charge in [-0.15, -0.1) is 0 Å². The van der Waals surface area contributed by atoms with Crippen LogP contribution in [0.2, 0.25) is 0 Å². The number of carbonyl (C=O) groups excluding carboxylic acids is 3. The fraction of sp³-hybridized carbons (Fsp3) is 0.500. The van der Waals surface area contributed by atoms with Gasteiger partial charge in [-0.1, -0.05) is 12.2 Å². The topological polar surface area (TPSA) is 90.7 Å². The van der Waals surface area contributed by atoms with E-state index in [4.69, 9.17) is 4.42 Å². The normalized spacial score (nSPS) is 39.8. The van der Waals surface area contributed by atoms with E-state index < -0.39 is 18.4 Å². The summed E-state index contributed by atoms with van der Waals surface area (Å²) in [5.41, 5.74) is 0. The molecule has 2 amide bonds. The van der Waals surface area contributed by atoms with Crippen molar-refractivity contribution in [3.05, 3.63) is 36.3 Å². The molecule has 7 atom stereocenters. The van der Waals surface area contributed by atoms with Crippen molar-refractivity contribution < 1.29 is 23.9 Å². The molecular formula is C18H16NO5-. The SMILES string of the molecule is O=C([O-])CC(c1ccco1)N1C(=O)C2C3C=CC(C4CC34)C2C1=O. The minimum atomic E-state index is -1.31. The number of nitrogens with zero attached hydrogens (tertiary/aromatic N) is 1. The minimum absolute atomic E-state index is 0.117. The van der Waals surface area contributed by atoms with Crippen LogP contribution in [-0.2, 0) is 14.4 Å². The summed E-state index contributed by atoms with van der Waals surface area (Å²) in [7, 11) is 0. The first-order valence-electron chi connectivity index (χ1n) is 8.36. The smallest absolute Gasteiger partial charge is 0.234 e. The number of imide groups is 1. The summed E-state index contributed by atoms with van der Waals surface area (Å²) in [6.07, 6.45) is 6.25. The lowest BCUT2D eigenvalue weighted by Crippen LogP contribution is -2.40. The molecule has 4 aliphatic carbocycles. The first-order valence-corrected chi connectivity index (χ1v) is 8.36. The van der Waals surface area contributed by atoms with E-state index >= 15 is 0 Å². The van der Waals surface area contributed by atoms with Crippen LogP contribution in [0.15, 0.2) is 35.0 Å². The molecule has 1 saturated heterocycles. The van der Waals surface area contributed by atoms with E-state index in [0.717, 1.165) is 11.3 Å². The largest absolute Gasteiger partial charge is 0.550 e. The van der Waals surface area contributed by atoms with Crippen LogP contribution in [0.1, 0.15) is 24.6 Å². The molecule has 2 bridgehead atoms. The zero-order valence-corrected chi connectivity index (χ0v) is 12.8. The third-order valence-corrected chi connectivity index (χ3v) is 6.24. The molecule has 0 radical (unpaired) electrons. The van der Waals surface area contributed by atoms with E-state index in [1.165, 1.54) is 6.26 Å². The van der Waals surface area contributed by atoms with Crippen molar-refractivity contribution in [2.24, 2.45) is 35.5 Å². The molecule has 1 aromatic heterocycles. The second-order valence-electron chi connectivity index (χ2n) is 7.31. The fourth-order valence-corrected chi connectivity index (χ4v) is 5.25. The predicted molar refractivity (Wildman–Crippen MR) is 77.6 cm³/mol. The van der Waals surface area contributed by atoms with Crippen LogP contribution >= 0.6 is 0 Å². The lowest BCUT2D eigenvalue weighted by molar-refractivity contribution is -0.306. The first kappa shape index (κ1) is 14.0. The van der Waals surface area contributed by atoms with E-state index in [1.807, 2.05) is 0 Å². The zero-order valence-electron chi connectivity index (χ0n) is 12.8. The van der Waals surface area contributed by atoms with Gasteiger partial charge in [0.15, 0.2) is 0 Å². The Morgan fingerprint density at radius 2 is 1.83 bits per heavy atom. The van der Waals surface area contributed by atoms with Gasteiger partial charge in [0.05, 0.1) is 18.1 Å². The molecule has 1 aromatic rings. The summed E-state index contributed by atoms with van der Waals surface area (Å²) in [5, 5.41) is 11.2. The second kappa shape index (κ2) is 4.59. The van der Waals surface area contributed by atoms with E-state index in [-0.39, 0.29) is 35.5 Å². The molecular weight excluding hydrogens is 310 g/mol. The molecule has 2 heterocycles. The molecule has 0 aromatic carbocycles. The Labute approximate surface area is 138 Å². The molecule has 124 valence electrons. The van der Waals surface area contributed by atoms with Gasteiger partial charge >= 0.3 is 0 Å². The summed E-state index contributed by atoms with van der Waals surface area (Å²) in [5.74, 6) is -0.915. The molecule has 24 heavy (non-hydrogen) atoms.